The van der Waals surface area contributed by atoms with E-state index in [1.54, 1.807) is 0 Å². The van der Waals surface area contributed by atoms with E-state index in [2.05, 4.69) is 50.4 Å². The molecule has 6 heteroatoms. The zero-order valence-corrected chi connectivity index (χ0v) is 16.9. The normalized spacial score (nSPS) is 14.9. The van der Waals surface area contributed by atoms with Crippen LogP contribution in [0.15, 0.2) is 54.6 Å². The van der Waals surface area contributed by atoms with E-state index in [1.165, 1.54) is 37.9 Å². The number of aromatic nitrogens is 2. The number of likely N-dealkylation sites (tertiary alicyclic amines) is 1. The van der Waals surface area contributed by atoms with Gasteiger partial charge in [-0.2, -0.15) is 0 Å². The maximum Gasteiger partial charge on any atom is 0.210 e. The summed E-state index contributed by atoms with van der Waals surface area (Å²) in [7, 11) is 0. The van der Waals surface area contributed by atoms with Gasteiger partial charge in [0.1, 0.15) is 0 Å². The fourth-order valence-corrected chi connectivity index (χ4v) is 3.95. The lowest BCUT2D eigenvalue weighted by Crippen LogP contribution is -2.39. The van der Waals surface area contributed by atoms with Gasteiger partial charge in [0.05, 0.1) is 17.6 Å². The quantitative estimate of drug-likeness (QED) is 0.623. The second-order valence-corrected chi connectivity index (χ2v) is 7.69. The standard InChI is InChI=1S/C22H27N5S/c28-22(23-13-16-26-14-7-2-8-15-26)25-21-24-19-11-5-6-12-20(19)27(21)17-18-9-3-1-4-10-18/h1,3-6,9-12H,2,7-8,13-17H2,(H2,23,24,25,28). The van der Waals surface area contributed by atoms with Crippen molar-refractivity contribution in [2.75, 3.05) is 31.5 Å². The van der Waals surface area contributed by atoms with Crippen molar-refractivity contribution in [2.45, 2.75) is 25.8 Å². The van der Waals surface area contributed by atoms with Gasteiger partial charge in [0, 0.05) is 13.1 Å². The number of fused-ring (bicyclic) bond motifs is 1. The minimum Gasteiger partial charge on any atom is -0.361 e. The van der Waals surface area contributed by atoms with Crippen LogP contribution in [0.4, 0.5) is 5.95 Å². The van der Waals surface area contributed by atoms with Crippen molar-refractivity contribution in [3.63, 3.8) is 0 Å². The lowest BCUT2D eigenvalue weighted by Gasteiger charge is -2.26. The van der Waals surface area contributed by atoms with Crippen molar-refractivity contribution in [1.29, 1.82) is 0 Å². The summed E-state index contributed by atoms with van der Waals surface area (Å²) >= 11 is 5.54. The molecule has 146 valence electrons. The Morgan fingerprint density at radius 3 is 2.54 bits per heavy atom. The summed E-state index contributed by atoms with van der Waals surface area (Å²) in [6.45, 7) is 5.04. The first kappa shape index (κ1) is 18.9. The zero-order valence-electron chi connectivity index (χ0n) is 16.1. The van der Waals surface area contributed by atoms with Gasteiger partial charge in [0.25, 0.3) is 0 Å². The maximum absolute atomic E-state index is 5.54. The van der Waals surface area contributed by atoms with Crippen LogP contribution in [-0.2, 0) is 6.54 Å². The summed E-state index contributed by atoms with van der Waals surface area (Å²) in [5, 5.41) is 7.28. The predicted molar refractivity (Wildman–Crippen MR) is 120 cm³/mol. The molecule has 1 aliphatic rings. The van der Waals surface area contributed by atoms with Gasteiger partial charge in [-0.1, -0.05) is 48.9 Å². The summed E-state index contributed by atoms with van der Waals surface area (Å²) in [6, 6.07) is 18.6. The molecule has 0 radical (unpaired) electrons. The Labute approximate surface area is 171 Å². The van der Waals surface area contributed by atoms with Crippen LogP contribution in [0.1, 0.15) is 24.8 Å². The average molecular weight is 394 g/mol. The van der Waals surface area contributed by atoms with Crippen molar-refractivity contribution in [3.05, 3.63) is 60.2 Å². The number of piperidine rings is 1. The van der Waals surface area contributed by atoms with Crippen LogP contribution in [0.5, 0.6) is 0 Å². The van der Waals surface area contributed by atoms with Crippen LogP contribution >= 0.6 is 12.2 Å². The number of nitrogens with one attached hydrogen (secondary N) is 2. The van der Waals surface area contributed by atoms with Crippen molar-refractivity contribution in [3.8, 4) is 0 Å². The lowest BCUT2D eigenvalue weighted by molar-refractivity contribution is 0.232. The number of hydrogen-bond donors (Lipinski definition) is 2. The molecule has 5 nitrogen and oxygen atoms in total. The third-order valence-corrected chi connectivity index (χ3v) is 5.47. The Kier molecular flexibility index (Phi) is 6.19. The second-order valence-electron chi connectivity index (χ2n) is 7.28. The van der Waals surface area contributed by atoms with Crippen molar-refractivity contribution >= 4 is 34.3 Å². The van der Waals surface area contributed by atoms with Crippen LogP contribution in [0.25, 0.3) is 11.0 Å². The number of para-hydroxylation sites is 2. The Bertz CT molecular complexity index is 915. The van der Waals surface area contributed by atoms with Gasteiger partial charge >= 0.3 is 0 Å². The summed E-state index contributed by atoms with van der Waals surface area (Å²) in [5.41, 5.74) is 3.31. The van der Waals surface area contributed by atoms with E-state index in [4.69, 9.17) is 17.2 Å². The summed E-state index contributed by atoms with van der Waals surface area (Å²) in [5.74, 6) is 0.778. The minimum absolute atomic E-state index is 0.627. The highest BCUT2D eigenvalue weighted by molar-refractivity contribution is 7.80. The van der Waals surface area contributed by atoms with Gasteiger partial charge in [-0.25, -0.2) is 4.98 Å². The smallest absolute Gasteiger partial charge is 0.210 e. The molecule has 1 fully saturated rings. The molecule has 3 aromatic rings. The third-order valence-electron chi connectivity index (χ3n) is 5.23. The number of thiocarbonyl (C=S) groups is 1. The molecule has 2 N–H and O–H groups in total. The van der Waals surface area contributed by atoms with Crippen LogP contribution in [-0.4, -0.2) is 45.7 Å². The number of imidazole rings is 1. The topological polar surface area (TPSA) is 45.1 Å². The van der Waals surface area contributed by atoms with Crippen molar-refractivity contribution in [1.82, 2.24) is 19.8 Å². The summed E-state index contributed by atoms with van der Waals surface area (Å²) in [4.78, 5) is 7.26. The van der Waals surface area contributed by atoms with E-state index in [9.17, 15) is 0 Å². The molecule has 2 heterocycles. The van der Waals surface area contributed by atoms with Gasteiger partial charge in [-0.3, -0.25) is 0 Å². The largest absolute Gasteiger partial charge is 0.361 e. The van der Waals surface area contributed by atoms with Crippen molar-refractivity contribution < 1.29 is 0 Å². The van der Waals surface area contributed by atoms with Gasteiger partial charge in [0.2, 0.25) is 5.95 Å². The van der Waals surface area contributed by atoms with E-state index in [1.807, 2.05) is 24.3 Å². The fraction of sp³-hybridized carbons (Fsp3) is 0.364. The molecule has 0 bridgehead atoms. The highest BCUT2D eigenvalue weighted by Gasteiger charge is 2.13. The van der Waals surface area contributed by atoms with E-state index < -0.39 is 0 Å². The molecule has 1 aromatic heterocycles. The molecule has 0 spiro atoms. The molecule has 28 heavy (non-hydrogen) atoms. The monoisotopic (exact) mass is 393 g/mol. The Morgan fingerprint density at radius 2 is 1.71 bits per heavy atom. The predicted octanol–water partition coefficient (Wildman–Crippen LogP) is 3.86. The van der Waals surface area contributed by atoms with E-state index in [-0.39, 0.29) is 0 Å². The van der Waals surface area contributed by atoms with Crippen molar-refractivity contribution in [2.24, 2.45) is 0 Å². The molecule has 0 amide bonds. The SMILES string of the molecule is S=C(NCCN1CCCCC1)Nc1nc2ccccc2n1Cc1ccccc1. The third kappa shape index (κ3) is 4.69. The molecule has 4 rings (SSSR count). The first-order valence-corrected chi connectivity index (χ1v) is 10.5. The highest BCUT2D eigenvalue weighted by Crippen LogP contribution is 2.21. The fourth-order valence-electron chi connectivity index (χ4n) is 3.75. The first-order valence-electron chi connectivity index (χ1n) is 10.1. The first-order chi connectivity index (χ1) is 13.8. The van der Waals surface area contributed by atoms with E-state index in [0.29, 0.717) is 5.11 Å². The molecule has 1 aliphatic heterocycles. The average Bonchev–Trinajstić information content (AvgIpc) is 3.06. The molecule has 0 unspecified atom stereocenters. The van der Waals surface area contributed by atoms with Gasteiger partial charge in [-0.05, 0) is 55.8 Å². The molecular formula is C22H27N5S. The molecule has 0 saturated carbocycles. The summed E-state index contributed by atoms with van der Waals surface area (Å²) in [6.07, 6.45) is 3.99. The number of hydrogen-bond acceptors (Lipinski definition) is 3. The molecule has 2 aromatic carbocycles. The van der Waals surface area contributed by atoms with Crippen LogP contribution in [0.3, 0.4) is 0 Å². The molecule has 0 aliphatic carbocycles. The summed E-state index contributed by atoms with van der Waals surface area (Å²) < 4.78 is 2.18. The second kappa shape index (κ2) is 9.17. The number of benzene rings is 2. The van der Waals surface area contributed by atoms with Crippen LogP contribution in [0, 0.1) is 0 Å². The highest BCUT2D eigenvalue weighted by atomic mass is 32.1. The molecular weight excluding hydrogens is 366 g/mol. The van der Waals surface area contributed by atoms with E-state index >= 15 is 0 Å². The van der Waals surface area contributed by atoms with Gasteiger partial charge in [0.15, 0.2) is 5.11 Å². The Morgan fingerprint density at radius 1 is 0.964 bits per heavy atom. The maximum atomic E-state index is 5.54. The number of rotatable bonds is 6. The van der Waals surface area contributed by atoms with Crippen LogP contribution in [0.2, 0.25) is 0 Å². The minimum atomic E-state index is 0.627. The van der Waals surface area contributed by atoms with Gasteiger partial charge in [-0.15, -0.1) is 0 Å². The molecule has 1 saturated heterocycles. The number of nitrogens with zero attached hydrogens (tertiary/aromatic N) is 3. The zero-order chi connectivity index (χ0) is 19.2. The Hall–Kier alpha value is -2.44. The molecule has 0 atom stereocenters. The lowest BCUT2D eigenvalue weighted by atomic mass is 10.1. The number of anilines is 1. The Balaban J connectivity index is 1.43. The van der Waals surface area contributed by atoms with E-state index in [0.717, 1.165) is 36.6 Å². The van der Waals surface area contributed by atoms with Crippen LogP contribution < -0.4 is 10.6 Å². The van der Waals surface area contributed by atoms with Gasteiger partial charge < -0.3 is 20.1 Å².